The molecule has 2 rings (SSSR count). The van der Waals surface area contributed by atoms with E-state index in [1.807, 2.05) is 30.3 Å². The molecule has 25 heavy (non-hydrogen) atoms. The quantitative estimate of drug-likeness (QED) is 0.543. The Labute approximate surface area is 148 Å². The van der Waals surface area contributed by atoms with Crippen molar-refractivity contribution < 1.29 is 19.1 Å². The minimum absolute atomic E-state index is 0.228. The second-order valence-corrected chi connectivity index (χ2v) is 5.65. The molecule has 0 spiro atoms. The second-order valence-electron chi connectivity index (χ2n) is 5.65. The van der Waals surface area contributed by atoms with Crippen LogP contribution in [0.25, 0.3) is 0 Å². The fourth-order valence-corrected chi connectivity index (χ4v) is 2.45. The van der Waals surface area contributed by atoms with Gasteiger partial charge in [0.05, 0.1) is 6.61 Å². The molecule has 0 N–H and O–H groups in total. The number of carbonyl (C=O) groups is 2. The van der Waals surface area contributed by atoms with Crippen molar-refractivity contribution in [2.24, 2.45) is 0 Å². The van der Waals surface area contributed by atoms with Crippen LogP contribution in [0.15, 0.2) is 42.7 Å². The molecule has 0 radical (unpaired) electrons. The number of hydrogen-bond acceptors (Lipinski definition) is 5. The predicted octanol–water partition coefficient (Wildman–Crippen LogP) is 3.48. The van der Waals surface area contributed by atoms with E-state index in [1.165, 1.54) is 0 Å². The van der Waals surface area contributed by atoms with Gasteiger partial charge < -0.3 is 9.47 Å². The van der Waals surface area contributed by atoms with Gasteiger partial charge in [0.1, 0.15) is 5.75 Å². The summed E-state index contributed by atoms with van der Waals surface area (Å²) in [7, 11) is 0. The molecule has 132 valence electrons. The van der Waals surface area contributed by atoms with Crippen LogP contribution in [0, 0.1) is 0 Å². The maximum atomic E-state index is 11.6. The Morgan fingerprint density at radius 1 is 0.960 bits per heavy atom. The number of esters is 2. The molecule has 0 fully saturated rings. The number of rotatable bonds is 8. The molecule has 2 aromatic rings. The van der Waals surface area contributed by atoms with E-state index in [2.05, 4.69) is 4.98 Å². The molecule has 0 aliphatic heterocycles. The molecule has 0 atom stereocenters. The zero-order valence-electron chi connectivity index (χ0n) is 14.7. The van der Waals surface area contributed by atoms with Gasteiger partial charge in [0.15, 0.2) is 0 Å². The van der Waals surface area contributed by atoms with Gasteiger partial charge in [-0.15, -0.1) is 0 Å². The van der Waals surface area contributed by atoms with Gasteiger partial charge >= 0.3 is 11.9 Å². The SMILES string of the molecule is CCOC(=O)CCc1cc(Cc2ccncc2)cc(OC(=O)CC)c1. The number of pyridine rings is 1. The highest BCUT2D eigenvalue weighted by Crippen LogP contribution is 2.21. The lowest BCUT2D eigenvalue weighted by atomic mass is 10.0. The lowest BCUT2D eigenvalue weighted by Gasteiger charge is -2.10. The van der Waals surface area contributed by atoms with Crippen molar-refractivity contribution in [3.05, 3.63) is 59.4 Å². The molecular weight excluding hydrogens is 318 g/mol. The van der Waals surface area contributed by atoms with Crippen LogP contribution < -0.4 is 4.74 Å². The molecule has 0 amide bonds. The van der Waals surface area contributed by atoms with Crippen LogP contribution >= 0.6 is 0 Å². The number of carbonyl (C=O) groups excluding carboxylic acids is 2. The van der Waals surface area contributed by atoms with Gasteiger partial charge in [-0.05, 0) is 60.7 Å². The molecule has 1 aromatic heterocycles. The zero-order valence-corrected chi connectivity index (χ0v) is 14.7. The van der Waals surface area contributed by atoms with Crippen LogP contribution in [-0.2, 0) is 27.2 Å². The van der Waals surface area contributed by atoms with Crippen molar-refractivity contribution in [3.63, 3.8) is 0 Å². The fraction of sp³-hybridized carbons (Fsp3) is 0.350. The van der Waals surface area contributed by atoms with Crippen LogP contribution in [-0.4, -0.2) is 23.5 Å². The van der Waals surface area contributed by atoms with Crippen LogP contribution in [0.1, 0.15) is 43.4 Å². The number of nitrogens with zero attached hydrogens (tertiary/aromatic N) is 1. The van der Waals surface area contributed by atoms with Crippen molar-refractivity contribution in [1.82, 2.24) is 4.98 Å². The van der Waals surface area contributed by atoms with Crippen LogP contribution in [0.3, 0.4) is 0 Å². The third kappa shape index (κ3) is 6.37. The molecule has 0 bridgehead atoms. The summed E-state index contributed by atoms with van der Waals surface area (Å²) in [5.74, 6) is 0.00353. The molecule has 0 aliphatic rings. The van der Waals surface area contributed by atoms with Crippen molar-refractivity contribution in [1.29, 1.82) is 0 Å². The summed E-state index contributed by atoms with van der Waals surface area (Å²) < 4.78 is 10.3. The Hall–Kier alpha value is -2.69. The molecule has 0 unspecified atom stereocenters. The van der Waals surface area contributed by atoms with E-state index in [0.717, 1.165) is 16.7 Å². The van der Waals surface area contributed by atoms with Gasteiger partial charge in [0, 0.05) is 25.2 Å². The van der Waals surface area contributed by atoms with E-state index >= 15 is 0 Å². The van der Waals surface area contributed by atoms with Crippen LogP contribution in [0.2, 0.25) is 0 Å². The summed E-state index contributed by atoms with van der Waals surface area (Å²) in [5, 5.41) is 0. The molecule has 5 nitrogen and oxygen atoms in total. The Kier molecular flexibility index (Phi) is 7.14. The number of ether oxygens (including phenoxy) is 2. The largest absolute Gasteiger partial charge is 0.466 e. The van der Waals surface area contributed by atoms with E-state index in [1.54, 1.807) is 26.2 Å². The third-order valence-corrected chi connectivity index (χ3v) is 3.63. The van der Waals surface area contributed by atoms with Gasteiger partial charge in [-0.25, -0.2) is 0 Å². The van der Waals surface area contributed by atoms with E-state index < -0.39 is 0 Å². The highest BCUT2D eigenvalue weighted by atomic mass is 16.5. The maximum absolute atomic E-state index is 11.6. The molecule has 0 saturated heterocycles. The summed E-state index contributed by atoms with van der Waals surface area (Å²) in [6.45, 7) is 3.92. The second kappa shape index (κ2) is 9.57. The standard InChI is InChI=1S/C20H23NO4/c1-3-19(22)25-18-13-16(5-6-20(23)24-4-2)12-17(14-18)11-15-7-9-21-10-8-15/h7-10,12-14H,3-6,11H2,1-2H3. The Morgan fingerprint density at radius 2 is 1.68 bits per heavy atom. The van der Waals surface area contributed by atoms with Crippen molar-refractivity contribution in [3.8, 4) is 5.75 Å². The monoisotopic (exact) mass is 341 g/mol. The minimum Gasteiger partial charge on any atom is -0.466 e. The van der Waals surface area contributed by atoms with Crippen LogP contribution in [0.4, 0.5) is 0 Å². The van der Waals surface area contributed by atoms with Crippen molar-refractivity contribution in [2.75, 3.05) is 6.61 Å². The number of aryl methyl sites for hydroxylation is 1. The van der Waals surface area contributed by atoms with E-state index in [-0.39, 0.29) is 11.9 Å². The Balaban J connectivity index is 2.18. The third-order valence-electron chi connectivity index (χ3n) is 3.63. The van der Waals surface area contributed by atoms with Gasteiger partial charge in [-0.3, -0.25) is 14.6 Å². The molecule has 1 aromatic carbocycles. The lowest BCUT2D eigenvalue weighted by Crippen LogP contribution is -2.08. The first kappa shape index (κ1) is 18.6. The first-order chi connectivity index (χ1) is 12.1. The van der Waals surface area contributed by atoms with Gasteiger partial charge in [0.25, 0.3) is 0 Å². The van der Waals surface area contributed by atoms with Crippen molar-refractivity contribution >= 4 is 11.9 Å². The summed E-state index contributed by atoms with van der Waals surface area (Å²) >= 11 is 0. The normalized spacial score (nSPS) is 10.3. The molecule has 5 heteroatoms. The summed E-state index contributed by atoms with van der Waals surface area (Å²) in [4.78, 5) is 27.2. The minimum atomic E-state index is -0.280. The van der Waals surface area contributed by atoms with Gasteiger partial charge in [-0.2, -0.15) is 0 Å². The van der Waals surface area contributed by atoms with Crippen LogP contribution in [0.5, 0.6) is 5.75 Å². The highest BCUT2D eigenvalue weighted by molar-refractivity contribution is 5.72. The molecule has 0 saturated carbocycles. The summed E-state index contributed by atoms with van der Waals surface area (Å²) in [5.41, 5.74) is 3.08. The van der Waals surface area contributed by atoms with Crippen molar-refractivity contribution in [2.45, 2.75) is 39.5 Å². The highest BCUT2D eigenvalue weighted by Gasteiger charge is 2.09. The van der Waals surface area contributed by atoms with E-state index in [4.69, 9.17) is 9.47 Å². The first-order valence-corrected chi connectivity index (χ1v) is 8.48. The summed E-state index contributed by atoms with van der Waals surface area (Å²) in [6.07, 6.45) is 5.35. The predicted molar refractivity (Wildman–Crippen MR) is 94.4 cm³/mol. The number of aromatic nitrogens is 1. The molecular formula is C20H23NO4. The van der Waals surface area contributed by atoms with E-state index in [9.17, 15) is 9.59 Å². The fourth-order valence-electron chi connectivity index (χ4n) is 2.45. The summed E-state index contributed by atoms with van der Waals surface area (Å²) in [6, 6.07) is 9.60. The molecule has 1 heterocycles. The van der Waals surface area contributed by atoms with Gasteiger partial charge in [0.2, 0.25) is 0 Å². The lowest BCUT2D eigenvalue weighted by molar-refractivity contribution is -0.143. The maximum Gasteiger partial charge on any atom is 0.310 e. The number of benzene rings is 1. The average molecular weight is 341 g/mol. The average Bonchev–Trinajstić information content (AvgIpc) is 2.61. The number of hydrogen-bond donors (Lipinski definition) is 0. The Bertz CT molecular complexity index is 713. The van der Waals surface area contributed by atoms with E-state index in [0.29, 0.717) is 38.0 Å². The smallest absolute Gasteiger partial charge is 0.310 e. The first-order valence-electron chi connectivity index (χ1n) is 8.48. The topological polar surface area (TPSA) is 65.5 Å². The zero-order chi connectivity index (χ0) is 18.1. The Morgan fingerprint density at radius 3 is 2.36 bits per heavy atom. The van der Waals surface area contributed by atoms with Gasteiger partial charge in [-0.1, -0.05) is 13.0 Å². The molecule has 0 aliphatic carbocycles.